The first-order valence-corrected chi connectivity index (χ1v) is 6.67. The van der Waals surface area contributed by atoms with Crippen molar-refractivity contribution in [3.8, 4) is 0 Å². The van der Waals surface area contributed by atoms with Gasteiger partial charge in [-0.3, -0.25) is 4.90 Å². The summed E-state index contributed by atoms with van der Waals surface area (Å²) in [6, 6.07) is 0.731. The minimum Gasteiger partial charge on any atom is -0.392 e. The normalized spacial score (nSPS) is 19.1. The van der Waals surface area contributed by atoms with Crippen LogP contribution in [0.3, 0.4) is 0 Å². The first-order valence-electron chi connectivity index (χ1n) is 6.26. The molecule has 1 aliphatic rings. The molecular weight excluding hydrogens is 204 g/mol. The Morgan fingerprint density at radius 3 is 2.33 bits per heavy atom. The van der Waals surface area contributed by atoms with Crippen LogP contribution < -0.4 is 5.73 Å². The molecule has 1 rings (SSSR count). The molecule has 0 bridgehead atoms. The first-order chi connectivity index (χ1) is 7.24. The maximum absolute atomic E-state index is 5.66. The summed E-state index contributed by atoms with van der Waals surface area (Å²) in [5.74, 6) is 0. The number of rotatable bonds is 5. The van der Waals surface area contributed by atoms with Crippen LogP contribution >= 0.6 is 12.2 Å². The fourth-order valence-corrected chi connectivity index (χ4v) is 2.67. The van der Waals surface area contributed by atoms with E-state index in [1.165, 1.54) is 44.9 Å². The summed E-state index contributed by atoms with van der Waals surface area (Å²) >= 11 is 5.03. The number of hydrogen-bond acceptors (Lipinski definition) is 2. The number of thiocarbonyl (C=S) groups is 1. The van der Waals surface area contributed by atoms with Crippen molar-refractivity contribution < 1.29 is 0 Å². The van der Waals surface area contributed by atoms with E-state index in [1.54, 1.807) is 0 Å². The molecule has 88 valence electrons. The largest absolute Gasteiger partial charge is 0.392 e. The van der Waals surface area contributed by atoms with Gasteiger partial charge < -0.3 is 5.73 Å². The lowest BCUT2D eigenvalue weighted by atomic mass is 10.1. The van der Waals surface area contributed by atoms with Crippen molar-refractivity contribution >= 4 is 17.2 Å². The van der Waals surface area contributed by atoms with E-state index in [0.717, 1.165) is 19.1 Å². The lowest BCUT2D eigenvalue weighted by Gasteiger charge is -2.30. The molecule has 1 fully saturated rings. The molecule has 0 saturated heterocycles. The van der Waals surface area contributed by atoms with Gasteiger partial charge in [0.05, 0.1) is 4.99 Å². The van der Waals surface area contributed by atoms with Gasteiger partial charge in [0.1, 0.15) is 0 Å². The van der Waals surface area contributed by atoms with Crippen LogP contribution in [0.1, 0.15) is 51.9 Å². The summed E-state index contributed by atoms with van der Waals surface area (Å²) < 4.78 is 0. The average Bonchev–Trinajstić information content (AvgIpc) is 2.44. The van der Waals surface area contributed by atoms with Crippen molar-refractivity contribution in [2.45, 2.75) is 57.9 Å². The van der Waals surface area contributed by atoms with E-state index in [2.05, 4.69) is 11.8 Å². The van der Waals surface area contributed by atoms with Gasteiger partial charge in [-0.1, -0.05) is 44.8 Å². The van der Waals surface area contributed by atoms with Crippen LogP contribution in [0.25, 0.3) is 0 Å². The highest BCUT2D eigenvalue weighted by molar-refractivity contribution is 7.80. The second-order valence-corrected chi connectivity index (χ2v) is 5.11. The number of nitrogens with zero attached hydrogens (tertiary/aromatic N) is 1. The van der Waals surface area contributed by atoms with Crippen LogP contribution in [0.5, 0.6) is 0 Å². The van der Waals surface area contributed by atoms with E-state index in [9.17, 15) is 0 Å². The Balaban J connectivity index is 2.47. The van der Waals surface area contributed by atoms with Gasteiger partial charge in [-0.05, 0) is 25.8 Å². The van der Waals surface area contributed by atoms with Gasteiger partial charge in [0.25, 0.3) is 0 Å². The van der Waals surface area contributed by atoms with Crippen LogP contribution in [0.2, 0.25) is 0 Å². The second kappa shape index (κ2) is 7.18. The quantitative estimate of drug-likeness (QED) is 0.579. The lowest BCUT2D eigenvalue weighted by molar-refractivity contribution is 0.205. The van der Waals surface area contributed by atoms with Gasteiger partial charge >= 0.3 is 0 Å². The monoisotopic (exact) mass is 228 g/mol. The number of hydrogen-bond donors (Lipinski definition) is 1. The molecule has 15 heavy (non-hydrogen) atoms. The Morgan fingerprint density at radius 1 is 1.27 bits per heavy atom. The predicted molar refractivity (Wildman–Crippen MR) is 70.1 cm³/mol. The SMILES string of the molecule is CCCN(CC(N)=S)C1CCCCCC1. The van der Waals surface area contributed by atoms with Crippen LogP contribution in [0.4, 0.5) is 0 Å². The van der Waals surface area contributed by atoms with E-state index in [4.69, 9.17) is 18.0 Å². The van der Waals surface area contributed by atoms with Crippen molar-refractivity contribution in [3.63, 3.8) is 0 Å². The average molecular weight is 228 g/mol. The van der Waals surface area contributed by atoms with Gasteiger partial charge in [-0.2, -0.15) is 0 Å². The molecule has 0 aliphatic heterocycles. The molecule has 2 N–H and O–H groups in total. The third-order valence-electron chi connectivity index (χ3n) is 3.21. The third kappa shape index (κ3) is 4.94. The zero-order chi connectivity index (χ0) is 11.1. The van der Waals surface area contributed by atoms with Crippen molar-refractivity contribution in [3.05, 3.63) is 0 Å². The van der Waals surface area contributed by atoms with Crippen LogP contribution in [-0.4, -0.2) is 29.0 Å². The fourth-order valence-electron chi connectivity index (χ4n) is 2.50. The Morgan fingerprint density at radius 2 is 1.87 bits per heavy atom. The standard InChI is InChI=1S/C12H24N2S/c1-2-9-14(10-12(13)15)11-7-5-3-4-6-8-11/h11H,2-10H2,1H3,(H2,13,15). The van der Waals surface area contributed by atoms with E-state index in [0.29, 0.717) is 4.99 Å². The van der Waals surface area contributed by atoms with E-state index >= 15 is 0 Å². The van der Waals surface area contributed by atoms with Crippen LogP contribution in [0, 0.1) is 0 Å². The predicted octanol–water partition coefficient (Wildman–Crippen LogP) is 2.71. The fraction of sp³-hybridized carbons (Fsp3) is 0.917. The van der Waals surface area contributed by atoms with E-state index in [1.807, 2.05) is 0 Å². The lowest BCUT2D eigenvalue weighted by Crippen LogP contribution is -2.41. The molecule has 0 atom stereocenters. The maximum atomic E-state index is 5.66. The summed E-state index contributed by atoms with van der Waals surface area (Å²) in [6.07, 6.45) is 9.43. The van der Waals surface area contributed by atoms with Crippen molar-refractivity contribution in [2.24, 2.45) is 5.73 Å². The summed E-state index contributed by atoms with van der Waals surface area (Å²) in [6.45, 7) is 4.18. The molecule has 0 unspecified atom stereocenters. The molecule has 0 spiro atoms. The Labute approximate surface area is 99.2 Å². The molecule has 0 radical (unpaired) electrons. The van der Waals surface area contributed by atoms with E-state index in [-0.39, 0.29) is 0 Å². The molecule has 1 saturated carbocycles. The summed E-state index contributed by atoms with van der Waals surface area (Å²) in [5.41, 5.74) is 5.66. The molecule has 0 aromatic heterocycles. The van der Waals surface area contributed by atoms with Gasteiger partial charge in [0, 0.05) is 12.6 Å². The molecule has 2 nitrogen and oxygen atoms in total. The molecule has 3 heteroatoms. The van der Waals surface area contributed by atoms with Gasteiger partial charge in [0.2, 0.25) is 0 Å². The van der Waals surface area contributed by atoms with E-state index < -0.39 is 0 Å². The molecule has 1 aliphatic carbocycles. The Kier molecular flexibility index (Phi) is 6.18. The highest BCUT2D eigenvalue weighted by atomic mass is 32.1. The van der Waals surface area contributed by atoms with Crippen LogP contribution in [-0.2, 0) is 0 Å². The van der Waals surface area contributed by atoms with Crippen LogP contribution in [0.15, 0.2) is 0 Å². The summed E-state index contributed by atoms with van der Waals surface area (Å²) in [5, 5.41) is 0. The minimum atomic E-state index is 0.646. The zero-order valence-electron chi connectivity index (χ0n) is 9.87. The zero-order valence-corrected chi connectivity index (χ0v) is 10.7. The summed E-state index contributed by atoms with van der Waals surface area (Å²) in [7, 11) is 0. The molecule has 0 aromatic carbocycles. The molecule has 0 aromatic rings. The van der Waals surface area contributed by atoms with Gasteiger partial charge in [-0.15, -0.1) is 0 Å². The van der Waals surface area contributed by atoms with Gasteiger partial charge in [-0.25, -0.2) is 0 Å². The second-order valence-electron chi connectivity index (χ2n) is 4.58. The minimum absolute atomic E-state index is 0.646. The maximum Gasteiger partial charge on any atom is 0.0870 e. The highest BCUT2D eigenvalue weighted by Crippen LogP contribution is 2.21. The third-order valence-corrected chi connectivity index (χ3v) is 3.34. The molecule has 0 amide bonds. The summed E-state index contributed by atoms with van der Waals surface area (Å²) in [4.78, 5) is 3.14. The Hall–Kier alpha value is -0.150. The highest BCUT2D eigenvalue weighted by Gasteiger charge is 2.19. The van der Waals surface area contributed by atoms with Crippen molar-refractivity contribution in [1.82, 2.24) is 4.90 Å². The topological polar surface area (TPSA) is 29.3 Å². The molecule has 0 heterocycles. The van der Waals surface area contributed by atoms with Crippen molar-refractivity contribution in [2.75, 3.05) is 13.1 Å². The first kappa shape index (κ1) is 12.9. The molecular formula is C12H24N2S. The van der Waals surface area contributed by atoms with Gasteiger partial charge in [0.15, 0.2) is 0 Å². The Bertz CT molecular complexity index is 186. The smallest absolute Gasteiger partial charge is 0.0870 e. The van der Waals surface area contributed by atoms with Crippen molar-refractivity contribution in [1.29, 1.82) is 0 Å². The number of nitrogens with two attached hydrogens (primary N) is 1.